The summed E-state index contributed by atoms with van der Waals surface area (Å²) in [5, 5.41) is 12.1. The fourth-order valence-electron chi connectivity index (χ4n) is 1.22. The Balaban J connectivity index is 2.24. The molecule has 3 nitrogen and oxygen atoms in total. The quantitative estimate of drug-likeness (QED) is 0.702. The molecular weight excluding hydrogens is 174 g/mol. The lowest BCUT2D eigenvalue weighted by molar-refractivity contribution is -0.139. The highest BCUT2D eigenvalue weighted by atomic mass is 32.2. The minimum Gasteiger partial charge on any atom is -0.480 e. The van der Waals surface area contributed by atoms with Gasteiger partial charge in [0.05, 0.1) is 5.37 Å². The van der Waals surface area contributed by atoms with Crippen molar-refractivity contribution in [1.82, 2.24) is 5.32 Å². The van der Waals surface area contributed by atoms with Crippen LogP contribution in [0.3, 0.4) is 0 Å². The van der Waals surface area contributed by atoms with Crippen molar-refractivity contribution in [2.45, 2.75) is 37.6 Å². The van der Waals surface area contributed by atoms with Gasteiger partial charge in [-0.2, -0.15) is 0 Å². The smallest absolute Gasteiger partial charge is 0.320 e. The van der Waals surface area contributed by atoms with Gasteiger partial charge in [0, 0.05) is 0 Å². The van der Waals surface area contributed by atoms with Gasteiger partial charge in [0.2, 0.25) is 0 Å². The third kappa shape index (κ3) is 3.03. The number of thioether (sulfide) groups is 1. The number of carbonyl (C=O) groups is 1. The van der Waals surface area contributed by atoms with Crippen molar-refractivity contribution >= 4 is 17.7 Å². The minimum absolute atomic E-state index is 0.352. The van der Waals surface area contributed by atoms with Crippen molar-refractivity contribution in [3.63, 3.8) is 0 Å². The van der Waals surface area contributed by atoms with E-state index in [2.05, 4.69) is 5.32 Å². The molecule has 4 heteroatoms. The third-order valence-electron chi connectivity index (χ3n) is 1.99. The average Bonchev–Trinajstić information content (AvgIpc) is 2.06. The Morgan fingerprint density at radius 1 is 1.67 bits per heavy atom. The highest BCUT2D eigenvalue weighted by Crippen LogP contribution is 2.23. The summed E-state index contributed by atoms with van der Waals surface area (Å²) in [6, 6.07) is -0.416. The molecule has 0 radical (unpaired) electrons. The summed E-state index contributed by atoms with van der Waals surface area (Å²) in [6.07, 6.45) is 3.59. The van der Waals surface area contributed by atoms with Gasteiger partial charge in [-0.1, -0.05) is 6.42 Å². The number of rotatable bonds is 3. The SMILES string of the molecule is C[C@H](NC1CCCCS1)C(=O)O. The number of hydrogen-bond acceptors (Lipinski definition) is 3. The van der Waals surface area contributed by atoms with Crippen molar-refractivity contribution in [1.29, 1.82) is 0 Å². The third-order valence-corrected chi connectivity index (χ3v) is 3.28. The number of nitrogens with one attached hydrogen (secondary N) is 1. The fraction of sp³-hybridized carbons (Fsp3) is 0.875. The summed E-state index contributed by atoms with van der Waals surface area (Å²) in [4.78, 5) is 10.5. The maximum atomic E-state index is 10.5. The van der Waals surface area contributed by atoms with Gasteiger partial charge in [0.1, 0.15) is 6.04 Å². The molecule has 1 unspecified atom stereocenters. The van der Waals surface area contributed by atoms with Crippen LogP contribution in [0, 0.1) is 0 Å². The van der Waals surface area contributed by atoms with Crippen molar-refractivity contribution in [3.8, 4) is 0 Å². The maximum absolute atomic E-state index is 10.5. The molecule has 0 saturated carbocycles. The molecule has 0 aromatic rings. The molecule has 0 aromatic heterocycles. The molecular formula is C8H15NO2S. The van der Waals surface area contributed by atoms with Crippen LogP contribution >= 0.6 is 11.8 Å². The summed E-state index contributed by atoms with van der Waals surface area (Å²) >= 11 is 1.83. The number of aliphatic carboxylic acids is 1. The number of carboxylic acids is 1. The van der Waals surface area contributed by atoms with Crippen LogP contribution in [0.25, 0.3) is 0 Å². The zero-order valence-electron chi connectivity index (χ0n) is 7.25. The summed E-state index contributed by atoms with van der Waals surface area (Å²) in [7, 11) is 0. The van der Waals surface area contributed by atoms with Crippen molar-refractivity contribution < 1.29 is 9.90 Å². The average molecular weight is 189 g/mol. The highest BCUT2D eigenvalue weighted by Gasteiger charge is 2.18. The predicted molar refractivity (Wildman–Crippen MR) is 50.3 cm³/mol. The molecule has 1 rings (SSSR count). The monoisotopic (exact) mass is 189 g/mol. The Morgan fingerprint density at radius 3 is 2.92 bits per heavy atom. The largest absolute Gasteiger partial charge is 0.480 e. The predicted octanol–water partition coefficient (Wildman–Crippen LogP) is 1.29. The first-order valence-corrected chi connectivity index (χ1v) is 5.35. The second kappa shape index (κ2) is 4.72. The van der Waals surface area contributed by atoms with E-state index in [4.69, 9.17) is 5.11 Å². The molecule has 1 fully saturated rings. The highest BCUT2D eigenvalue weighted by molar-refractivity contribution is 7.99. The van der Waals surface area contributed by atoms with Gasteiger partial charge in [-0.3, -0.25) is 10.1 Å². The molecule has 0 bridgehead atoms. The normalized spacial score (nSPS) is 26.6. The van der Waals surface area contributed by atoms with E-state index in [0.29, 0.717) is 5.37 Å². The summed E-state index contributed by atoms with van der Waals surface area (Å²) in [5.74, 6) is 0.394. The Kier molecular flexibility index (Phi) is 3.88. The summed E-state index contributed by atoms with van der Waals surface area (Å²) in [5.41, 5.74) is 0. The molecule has 1 aliphatic rings. The first-order chi connectivity index (χ1) is 5.70. The van der Waals surface area contributed by atoms with Gasteiger partial charge < -0.3 is 5.11 Å². The van der Waals surface area contributed by atoms with E-state index in [9.17, 15) is 4.79 Å². The Morgan fingerprint density at radius 2 is 2.42 bits per heavy atom. The van der Waals surface area contributed by atoms with E-state index in [1.165, 1.54) is 12.8 Å². The van der Waals surface area contributed by atoms with Crippen LogP contribution in [0.1, 0.15) is 26.2 Å². The Bertz CT molecular complexity index is 157. The van der Waals surface area contributed by atoms with Crippen LogP contribution in [-0.2, 0) is 4.79 Å². The van der Waals surface area contributed by atoms with Crippen LogP contribution in [0.5, 0.6) is 0 Å². The van der Waals surface area contributed by atoms with Gasteiger partial charge >= 0.3 is 5.97 Å². The molecule has 0 aromatic carbocycles. The van der Waals surface area contributed by atoms with Gasteiger partial charge in [-0.15, -0.1) is 11.8 Å². The standard InChI is InChI=1S/C8H15NO2S/c1-6(8(10)11)9-7-4-2-3-5-12-7/h6-7,9H,2-5H2,1H3,(H,10,11)/t6-,7?/m0/s1. The van der Waals surface area contributed by atoms with E-state index in [1.54, 1.807) is 6.92 Å². The lowest BCUT2D eigenvalue weighted by atomic mass is 10.2. The van der Waals surface area contributed by atoms with Crippen molar-refractivity contribution in [2.24, 2.45) is 0 Å². The van der Waals surface area contributed by atoms with E-state index in [0.717, 1.165) is 12.2 Å². The van der Waals surface area contributed by atoms with Crippen LogP contribution in [0.4, 0.5) is 0 Å². The minimum atomic E-state index is -0.763. The molecule has 12 heavy (non-hydrogen) atoms. The molecule has 2 N–H and O–H groups in total. The van der Waals surface area contributed by atoms with Crippen molar-refractivity contribution in [3.05, 3.63) is 0 Å². The molecule has 0 amide bonds. The van der Waals surface area contributed by atoms with Crippen LogP contribution in [0.2, 0.25) is 0 Å². The van der Waals surface area contributed by atoms with E-state index >= 15 is 0 Å². The fourth-order valence-corrected chi connectivity index (χ4v) is 2.51. The topological polar surface area (TPSA) is 49.3 Å². The Labute approximate surface area is 76.9 Å². The molecule has 70 valence electrons. The van der Waals surface area contributed by atoms with E-state index < -0.39 is 12.0 Å². The maximum Gasteiger partial charge on any atom is 0.320 e. The number of carboxylic acid groups (broad SMARTS) is 1. The molecule has 1 heterocycles. The zero-order valence-corrected chi connectivity index (χ0v) is 8.06. The van der Waals surface area contributed by atoms with Gasteiger partial charge in [-0.05, 0) is 25.5 Å². The van der Waals surface area contributed by atoms with Crippen LogP contribution < -0.4 is 5.32 Å². The van der Waals surface area contributed by atoms with E-state index in [-0.39, 0.29) is 0 Å². The molecule has 0 spiro atoms. The van der Waals surface area contributed by atoms with Crippen LogP contribution in [-0.4, -0.2) is 28.2 Å². The van der Waals surface area contributed by atoms with Gasteiger partial charge in [0.25, 0.3) is 0 Å². The summed E-state index contributed by atoms with van der Waals surface area (Å²) < 4.78 is 0. The zero-order chi connectivity index (χ0) is 8.97. The lowest BCUT2D eigenvalue weighted by Crippen LogP contribution is -2.40. The first-order valence-electron chi connectivity index (χ1n) is 4.30. The van der Waals surface area contributed by atoms with E-state index in [1.807, 2.05) is 11.8 Å². The van der Waals surface area contributed by atoms with Gasteiger partial charge in [0.15, 0.2) is 0 Å². The summed E-state index contributed by atoms with van der Waals surface area (Å²) in [6.45, 7) is 1.69. The van der Waals surface area contributed by atoms with Crippen LogP contribution in [0.15, 0.2) is 0 Å². The van der Waals surface area contributed by atoms with Crippen molar-refractivity contribution in [2.75, 3.05) is 5.75 Å². The molecule has 0 aliphatic carbocycles. The molecule has 1 aliphatic heterocycles. The van der Waals surface area contributed by atoms with Gasteiger partial charge in [-0.25, -0.2) is 0 Å². The molecule has 1 saturated heterocycles. The molecule has 2 atom stereocenters. The second-order valence-electron chi connectivity index (χ2n) is 3.08. The second-order valence-corrected chi connectivity index (χ2v) is 4.39. The lowest BCUT2D eigenvalue weighted by Gasteiger charge is -2.24. The first kappa shape index (κ1) is 9.86. The number of hydrogen-bond donors (Lipinski definition) is 2. The Hall–Kier alpha value is -0.220.